The number of fused-ring (bicyclic) bond motifs is 1. The lowest BCUT2D eigenvalue weighted by molar-refractivity contribution is 0.331. The minimum absolute atomic E-state index is 0.265. The van der Waals surface area contributed by atoms with E-state index in [-0.39, 0.29) is 5.66 Å². The minimum Gasteiger partial charge on any atom is -0.298 e. The lowest BCUT2D eigenvalue weighted by Gasteiger charge is -2.24. The van der Waals surface area contributed by atoms with Crippen molar-refractivity contribution in [2.45, 2.75) is 43.8 Å². The van der Waals surface area contributed by atoms with E-state index >= 15 is 0 Å². The normalized spacial score (nSPS) is 24.7. The summed E-state index contributed by atoms with van der Waals surface area (Å²) in [6.45, 7) is 1.10. The average molecular weight is 266 g/mol. The third kappa shape index (κ3) is 2.23. The van der Waals surface area contributed by atoms with E-state index in [1.54, 1.807) is 0 Å². The highest BCUT2D eigenvalue weighted by atomic mass is 15.3. The van der Waals surface area contributed by atoms with E-state index in [2.05, 4.69) is 53.1 Å². The van der Waals surface area contributed by atoms with E-state index in [0.29, 0.717) is 6.04 Å². The second-order valence-electron chi connectivity index (χ2n) is 6.40. The summed E-state index contributed by atoms with van der Waals surface area (Å²) in [6.07, 6.45) is 6.44. The molecule has 104 valence electrons. The Morgan fingerprint density at radius 1 is 1.00 bits per heavy atom. The van der Waals surface area contributed by atoms with Crippen LogP contribution in [0.15, 0.2) is 42.5 Å². The summed E-state index contributed by atoms with van der Waals surface area (Å²) in [7, 11) is 0. The summed E-state index contributed by atoms with van der Waals surface area (Å²) < 4.78 is 0. The van der Waals surface area contributed by atoms with Crippen LogP contribution in [0, 0.1) is 0 Å². The van der Waals surface area contributed by atoms with E-state index in [1.165, 1.54) is 42.0 Å². The van der Waals surface area contributed by atoms with Crippen molar-refractivity contribution < 1.29 is 0 Å². The van der Waals surface area contributed by atoms with E-state index in [0.717, 1.165) is 13.0 Å². The SMILES string of the molecule is c1ccc2cc(C[C@H]3CNC4(CCCC4)N3)ccc2c1. The van der Waals surface area contributed by atoms with Crippen LogP contribution in [0.5, 0.6) is 0 Å². The van der Waals surface area contributed by atoms with Gasteiger partial charge < -0.3 is 0 Å². The first kappa shape index (κ1) is 12.4. The molecule has 20 heavy (non-hydrogen) atoms. The van der Waals surface area contributed by atoms with E-state index in [1.807, 2.05) is 0 Å². The predicted octanol–water partition coefficient (Wildman–Crippen LogP) is 3.21. The number of nitrogens with one attached hydrogen (secondary N) is 2. The Hall–Kier alpha value is -1.38. The van der Waals surface area contributed by atoms with Gasteiger partial charge in [-0.15, -0.1) is 0 Å². The zero-order valence-corrected chi connectivity index (χ0v) is 11.9. The number of rotatable bonds is 2. The van der Waals surface area contributed by atoms with Crippen molar-refractivity contribution in [3.05, 3.63) is 48.0 Å². The average Bonchev–Trinajstić information content (AvgIpc) is 3.09. The van der Waals surface area contributed by atoms with Gasteiger partial charge in [0.1, 0.15) is 0 Å². The molecular formula is C18H22N2. The fourth-order valence-electron chi connectivity index (χ4n) is 3.88. The van der Waals surface area contributed by atoms with Gasteiger partial charge in [-0.05, 0) is 35.6 Å². The van der Waals surface area contributed by atoms with Gasteiger partial charge in [0.05, 0.1) is 5.66 Å². The second kappa shape index (κ2) is 4.87. The Morgan fingerprint density at radius 2 is 1.80 bits per heavy atom. The van der Waals surface area contributed by atoms with Crippen molar-refractivity contribution in [1.29, 1.82) is 0 Å². The number of hydrogen-bond donors (Lipinski definition) is 2. The van der Waals surface area contributed by atoms with E-state index in [9.17, 15) is 0 Å². The quantitative estimate of drug-likeness (QED) is 0.872. The molecule has 0 bridgehead atoms. The van der Waals surface area contributed by atoms with E-state index in [4.69, 9.17) is 0 Å². The number of hydrogen-bond acceptors (Lipinski definition) is 2. The van der Waals surface area contributed by atoms with E-state index < -0.39 is 0 Å². The number of benzene rings is 2. The third-order valence-corrected chi connectivity index (χ3v) is 4.92. The molecule has 2 heteroatoms. The first-order valence-electron chi connectivity index (χ1n) is 7.83. The first-order chi connectivity index (χ1) is 9.83. The maximum absolute atomic E-state index is 3.85. The van der Waals surface area contributed by atoms with Gasteiger partial charge in [-0.2, -0.15) is 0 Å². The van der Waals surface area contributed by atoms with Crippen molar-refractivity contribution in [2.75, 3.05) is 6.54 Å². The van der Waals surface area contributed by atoms with Crippen LogP contribution in [-0.2, 0) is 6.42 Å². The van der Waals surface area contributed by atoms with Crippen LogP contribution in [0.25, 0.3) is 10.8 Å². The summed E-state index contributed by atoms with van der Waals surface area (Å²) in [5.41, 5.74) is 1.71. The van der Waals surface area contributed by atoms with Gasteiger partial charge in [0, 0.05) is 12.6 Å². The third-order valence-electron chi connectivity index (χ3n) is 4.92. The fraction of sp³-hybridized carbons (Fsp3) is 0.444. The van der Waals surface area contributed by atoms with Crippen molar-refractivity contribution in [3.63, 3.8) is 0 Å². The van der Waals surface area contributed by atoms with Gasteiger partial charge in [0.25, 0.3) is 0 Å². The molecule has 2 N–H and O–H groups in total. The van der Waals surface area contributed by atoms with Crippen LogP contribution >= 0.6 is 0 Å². The van der Waals surface area contributed by atoms with Crippen molar-refractivity contribution in [2.24, 2.45) is 0 Å². The van der Waals surface area contributed by atoms with Crippen LogP contribution in [0.2, 0.25) is 0 Å². The molecule has 2 aliphatic rings. The molecule has 0 radical (unpaired) electrons. The Bertz CT molecular complexity index is 614. The van der Waals surface area contributed by atoms with Gasteiger partial charge in [-0.1, -0.05) is 55.3 Å². The monoisotopic (exact) mass is 266 g/mol. The zero-order chi connectivity index (χ0) is 13.4. The fourth-order valence-corrected chi connectivity index (χ4v) is 3.88. The molecule has 0 unspecified atom stereocenters. The topological polar surface area (TPSA) is 24.1 Å². The van der Waals surface area contributed by atoms with Crippen LogP contribution in [-0.4, -0.2) is 18.2 Å². The molecule has 1 aliphatic carbocycles. The molecule has 0 amide bonds. The Balaban J connectivity index is 1.50. The highest BCUT2D eigenvalue weighted by molar-refractivity contribution is 5.83. The lowest BCUT2D eigenvalue weighted by Crippen LogP contribution is -2.47. The summed E-state index contributed by atoms with van der Waals surface area (Å²) in [6, 6.07) is 16.1. The lowest BCUT2D eigenvalue weighted by atomic mass is 10.0. The minimum atomic E-state index is 0.265. The van der Waals surface area contributed by atoms with Crippen LogP contribution in [0.4, 0.5) is 0 Å². The van der Waals surface area contributed by atoms with Crippen molar-refractivity contribution in [3.8, 4) is 0 Å². The Labute approximate surface area is 120 Å². The predicted molar refractivity (Wildman–Crippen MR) is 83.8 cm³/mol. The Kier molecular flexibility index (Phi) is 3.01. The van der Waals surface area contributed by atoms with Crippen molar-refractivity contribution in [1.82, 2.24) is 10.6 Å². The molecular weight excluding hydrogens is 244 g/mol. The summed E-state index contributed by atoms with van der Waals surface area (Å²) >= 11 is 0. The molecule has 2 aromatic carbocycles. The van der Waals surface area contributed by atoms with Gasteiger partial charge in [0.2, 0.25) is 0 Å². The molecule has 1 spiro atoms. The Morgan fingerprint density at radius 3 is 2.65 bits per heavy atom. The van der Waals surface area contributed by atoms with Gasteiger partial charge in [0.15, 0.2) is 0 Å². The van der Waals surface area contributed by atoms with Crippen molar-refractivity contribution >= 4 is 10.8 Å². The molecule has 2 aromatic rings. The molecule has 1 heterocycles. The van der Waals surface area contributed by atoms with Crippen LogP contribution < -0.4 is 10.6 Å². The summed E-state index contributed by atoms with van der Waals surface area (Å²) in [5, 5.41) is 10.3. The van der Waals surface area contributed by atoms with Gasteiger partial charge in [-0.3, -0.25) is 10.6 Å². The van der Waals surface area contributed by atoms with Crippen LogP contribution in [0.1, 0.15) is 31.2 Å². The maximum Gasteiger partial charge on any atom is 0.0690 e. The molecule has 1 saturated heterocycles. The molecule has 0 aromatic heterocycles. The molecule has 2 nitrogen and oxygen atoms in total. The first-order valence-corrected chi connectivity index (χ1v) is 7.83. The molecule has 4 rings (SSSR count). The van der Waals surface area contributed by atoms with Crippen LogP contribution in [0.3, 0.4) is 0 Å². The highest BCUT2D eigenvalue weighted by Crippen LogP contribution is 2.30. The molecule has 2 fully saturated rings. The van der Waals surface area contributed by atoms with Gasteiger partial charge >= 0.3 is 0 Å². The highest BCUT2D eigenvalue weighted by Gasteiger charge is 2.39. The van der Waals surface area contributed by atoms with Gasteiger partial charge in [-0.25, -0.2) is 0 Å². The second-order valence-corrected chi connectivity index (χ2v) is 6.40. The molecule has 1 saturated carbocycles. The molecule has 1 atom stereocenters. The summed E-state index contributed by atoms with van der Waals surface area (Å²) in [5.74, 6) is 0. The standard InChI is InChI=1S/C18H22N2/c1-2-6-16-11-14(7-8-15(16)5-1)12-17-13-19-18(20-17)9-3-4-10-18/h1-2,5-8,11,17,19-20H,3-4,9-10,12-13H2/t17-/m0/s1. The zero-order valence-electron chi connectivity index (χ0n) is 11.9. The largest absolute Gasteiger partial charge is 0.298 e. The maximum atomic E-state index is 3.85. The summed E-state index contributed by atoms with van der Waals surface area (Å²) in [4.78, 5) is 0. The molecule has 1 aliphatic heterocycles. The smallest absolute Gasteiger partial charge is 0.0690 e.